The summed E-state index contributed by atoms with van der Waals surface area (Å²) in [5.74, 6) is 2.16. The highest BCUT2D eigenvalue weighted by molar-refractivity contribution is 7.20. The molecule has 3 heterocycles. The number of aryl methyl sites for hydroxylation is 1. The van der Waals surface area contributed by atoms with Crippen molar-refractivity contribution in [1.29, 1.82) is 0 Å². The predicted octanol–water partition coefficient (Wildman–Crippen LogP) is 4.88. The lowest BCUT2D eigenvalue weighted by Gasteiger charge is -2.37. The minimum absolute atomic E-state index is 0.0429. The third kappa shape index (κ3) is 4.31. The molecule has 2 aromatic heterocycles. The van der Waals surface area contributed by atoms with E-state index in [4.69, 9.17) is 0 Å². The van der Waals surface area contributed by atoms with Crippen molar-refractivity contribution in [2.75, 3.05) is 36.0 Å². The first kappa shape index (κ1) is 22.1. The maximum absolute atomic E-state index is 13.3. The Kier molecular flexibility index (Phi) is 6.23. The maximum atomic E-state index is 13.3. The number of hydrogen-bond acceptors (Lipinski definition) is 6. The van der Waals surface area contributed by atoms with Crippen molar-refractivity contribution < 1.29 is 4.79 Å². The fourth-order valence-corrected chi connectivity index (χ4v) is 6.39. The molecule has 1 aliphatic carbocycles. The van der Waals surface area contributed by atoms with Crippen LogP contribution in [0.15, 0.2) is 36.7 Å². The van der Waals surface area contributed by atoms with E-state index >= 15 is 0 Å². The van der Waals surface area contributed by atoms with Gasteiger partial charge in [0.15, 0.2) is 0 Å². The summed E-state index contributed by atoms with van der Waals surface area (Å²) in [7, 11) is 0. The highest BCUT2D eigenvalue weighted by atomic mass is 32.1. The topological polar surface area (TPSA) is 61.4 Å². The Hall–Kier alpha value is -2.67. The number of benzene rings is 1. The number of piperazine rings is 1. The zero-order valence-electron chi connectivity index (χ0n) is 19.8. The number of hydrogen-bond donors (Lipinski definition) is 1. The van der Waals surface area contributed by atoms with Crippen LogP contribution in [0, 0.1) is 18.8 Å². The maximum Gasteiger partial charge on any atom is 0.261 e. The van der Waals surface area contributed by atoms with E-state index in [0.717, 1.165) is 59.1 Å². The second kappa shape index (κ2) is 9.29. The Morgan fingerprint density at radius 2 is 1.76 bits per heavy atom. The molecule has 2 aliphatic rings. The van der Waals surface area contributed by atoms with Gasteiger partial charge in [-0.15, -0.1) is 11.3 Å². The molecule has 1 saturated carbocycles. The van der Waals surface area contributed by atoms with Gasteiger partial charge in [-0.1, -0.05) is 44.9 Å². The van der Waals surface area contributed by atoms with Gasteiger partial charge in [-0.2, -0.15) is 0 Å². The summed E-state index contributed by atoms with van der Waals surface area (Å²) in [5.41, 5.74) is 2.27. The van der Waals surface area contributed by atoms with Crippen molar-refractivity contribution in [3.8, 4) is 0 Å². The van der Waals surface area contributed by atoms with E-state index in [2.05, 4.69) is 69.3 Å². The molecule has 6 nitrogen and oxygen atoms in total. The lowest BCUT2D eigenvalue weighted by atomic mass is 9.78. The summed E-state index contributed by atoms with van der Waals surface area (Å²) in [6.07, 6.45) is 5.15. The van der Waals surface area contributed by atoms with E-state index in [-0.39, 0.29) is 11.9 Å². The highest BCUT2D eigenvalue weighted by Gasteiger charge is 2.30. The number of carbonyl (C=O) groups excluding carboxylic acids is 1. The second-order valence-electron chi connectivity index (χ2n) is 9.59. The fraction of sp³-hybridized carbons (Fsp3) is 0.500. The number of carbonyl (C=O) groups is 1. The standard InChI is InChI=1S/C26H33N5OS/c1-17-8-7-11-21(18(17)2)29-25(32)23-19(3)22-24(27-16-28-26(22)33-23)31-14-12-30(13-15-31)20-9-5-4-6-10-20/h4-6,9-10,16-18,21H,7-8,11-15H2,1-3H3,(H,29,32)/t17-,18-,21+/m0/s1. The Balaban J connectivity index is 1.36. The number of amides is 1. The van der Waals surface area contributed by atoms with Gasteiger partial charge in [-0.25, -0.2) is 9.97 Å². The molecule has 0 unspecified atom stereocenters. The summed E-state index contributed by atoms with van der Waals surface area (Å²) >= 11 is 1.50. The molecule has 1 saturated heterocycles. The predicted molar refractivity (Wildman–Crippen MR) is 136 cm³/mol. The Labute approximate surface area is 200 Å². The first-order valence-electron chi connectivity index (χ1n) is 12.1. The summed E-state index contributed by atoms with van der Waals surface area (Å²) in [6, 6.07) is 10.8. The molecule has 3 atom stereocenters. The molecule has 1 amide bonds. The summed E-state index contributed by atoms with van der Waals surface area (Å²) in [6.45, 7) is 10.3. The van der Waals surface area contributed by atoms with E-state index < -0.39 is 0 Å². The van der Waals surface area contributed by atoms with Crippen molar-refractivity contribution in [2.45, 2.75) is 46.1 Å². The van der Waals surface area contributed by atoms with Crippen LogP contribution in [0.4, 0.5) is 11.5 Å². The molecule has 0 spiro atoms. The number of rotatable bonds is 4. The lowest BCUT2D eigenvalue weighted by molar-refractivity contribution is 0.0895. The number of thiophene rings is 1. The highest BCUT2D eigenvalue weighted by Crippen LogP contribution is 2.36. The minimum Gasteiger partial charge on any atom is -0.368 e. The molecule has 1 aliphatic heterocycles. The molecule has 2 fully saturated rings. The van der Waals surface area contributed by atoms with Crippen LogP contribution in [0.3, 0.4) is 0 Å². The molecule has 1 N–H and O–H groups in total. The molecular formula is C26H33N5OS. The van der Waals surface area contributed by atoms with Crippen LogP contribution in [0.2, 0.25) is 0 Å². The summed E-state index contributed by atoms with van der Waals surface area (Å²) in [5, 5.41) is 4.38. The van der Waals surface area contributed by atoms with E-state index in [1.807, 2.05) is 6.92 Å². The van der Waals surface area contributed by atoms with Crippen LogP contribution >= 0.6 is 11.3 Å². The molecule has 0 bridgehead atoms. The molecule has 7 heteroatoms. The molecule has 5 rings (SSSR count). The van der Waals surface area contributed by atoms with Crippen molar-refractivity contribution >= 4 is 39.0 Å². The normalized spacial score (nSPS) is 23.7. The van der Waals surface area contributed by atoms with Gasteiger partial charge in [-0.05, 0) is 42.9 Å². The van der Waals surface area contributed by atoms with Crippen LogP contribution in [-0.2, 0) is 0 Å². The average molecular weight is 464 g/mol. The van der Waals surface area contributed by atoms with Crippen molar-refractivity contribution in [1.82, 2.24) is 15.3 Å². The van der Waals surface area contributed by atoms with E-state index in [1.165, 1.54) is 29.9 Å². The van der Waals surface area contributed by atoms with Crippen molar-refractivity contribution in [2.24, 2.45) is 11.8 Å². The van der Waals surface area contributed by atoms with Gasteiger partial charge in [-0.3, -0.25) is 4.79 Å². The molecule has 0 radical (unpaired) electrons. The third-order valence-electron chi connectivity index (χ3n) is 7.64. The van der Waals surface area contributed by atoms with Gasteiger partial charge >= 0.3 is 0 Å². The largest absolute Gasteiger partial charge is 0.368 e. The number of aromatic nitrogens is 2. The smallest absolute Gasteiger partial charge is 0.261 e. The zero-order chi connectivity index (χ0) is 22.9. The first-order chi connectivity index (χ1) is 16.0. The molecule has 33 heavy (non-hydrogen) atoms. The van der Waals surface area contributed by atoms with Gasteiger partial charge in [0.2, 0.25) is 0 Å². The Bertz CT molecular complexity index is 1120. The van der Waals surface area contributed by atoms with Crippen LogP contribution in [-0.4, -0.2) is 48.1 Å². The zero-order valence-corrected chi connectivity index (χ0v) is 20.6. The van der Waals surface area contributed by atoms with Crippen LogP contribution in [0.1, 0.15) is 48.3 Å². The van der Waals surface area contributed by atoms with Crippen LogP contribution in [0.25, 0.3) is 10.2 Å². The minimum atomic E-state index is 0.0429. The van der Waals surface area contributed by atoms with Crippen molar-refractivity contribution in [3.63, 3.8) is 0 Å². The fourth-order valence-electron chi connectivity index (χ4n) is 5.34. The van der Waals surface area contributed by atoms with E-state index in [1.54, 1.807) is 6.33 Å². The Morgan fingerprint density at radius 3 is 2.52 bits per heavy atom. The molecule has 3 aromatic rings. The quantitative estimate of drug-likeness (QED) is 0.597. The van der Waals surface area contributed by atoms with Gasteiger partial charge in [0.25, 0.3) is 5.91 Å². The van der Waals surface area contributed by atoms with Gasteiger partial charge in [0, 0.05) is 37.9 Å². The van der Waals surface area contributed by atoms with Crippen molar-refractivity contribution in [3.05, 3.63) is 47.1 Å². The monoisotopic (exact) mass is 463 g/mol. The first-order valence-corrected chi connectivity index (χ1v) is 12.9. The summed E-state index contributed by atoms with van der Waals surface area (Å²) < 4.78 is 0. The second-order valence-corrected chi connectivity index (χ2v) is 10.6. The van der Waals surface area contributed by atoms with Gasteiger partial charge in [0.05, 0.1) is 10.3 Å². The molecule has 174 valence electrons. The van der Waals surface area contributed by atoms with Crippen LogP contribution in [0.5, 0.6) is 0 Å². The van der Waals surface area contributed by atoms with E-state index in [0.29, 0.717) is 11.8 Å². The SMILES string of the molecule is Cc1c(C(=O)N[C@@H]2CCC[C@H](C)[C@@H]2C)sc2ncnc(N3CCN(c4ccccc4)CC3)c12. The number of nitrogens with one attached hydrogen (secondary N) is 1. The summed E-state index contributed by atoms with van der Waals surface area (Å²) in [4.78, 5) is 28.9. The van der Waals surface area contributed by atoms with E-state index in [9.17, 15) is 4.79 Å². The van der Waals surface area contributed by atoms with Gasteiger partial charge in [0.1, 0.15) is 17.0 Å². The number of nitrogens with zero attached hydrogens (tertiary/aromatic N) is 4. The molecular weight excluding hydrogens is 430 g/mol. The van der Waals surface area contributed by atoms with Crippen LogP contribution < -0.4 is 15.1 Å². The Morgan fingerprint density at radius 1 is 1.03 bits per heavy atom. The number of para-hydroxylation sites is 1. The third-order valence-corrected chi connectivity index (χ3v) is 8.84. The number of anilines is 2. The van der Waals surface area contributed by atoms with Gasteiger partial charge < -0.3 is 15.1 Å². The molecule has 1 aromatic carbocycles. The average Bonchev–Trinajstić information content (AvgIpc) is 3.19. The number of fused-ring (bicyclic) bond motifs is 1. The lowest BCUT2D eigenvalue weighted by Crippen LogP contribution is -2.46.